The molecule has 0 spiro atoms. The van der Waals surface area contributed by atoms with E-state index in [1.807, 2.05) is 27.7 Å². The first-order chi connectivity index (χ1) is 4.68. The summed E-state index contributed by atoms with van der Waals surface area (Å²) in [7, 11) is 1.63. The van der Waals surface area contributed by atoms with Gasteiger partial charge in [-0.3, -0.25) is 0 Å². The fourth-order valence-corrected chi connectivity index (χ4v) is 0.277. The van der Waals surface area contributed by atoms with Crippen LogP contribution in [0.2, 0.25) is 0 Å². The number of allylic oxidation sites excluding steroid dienone is 2. The molecule has 60 valence electrons. The Bertz CT molecular complexity index is 112. The Balaban J connectivity index is 0. The minimum atomic E-state index is 1.05. The molecule has 0 aromatic heterocycles. The summed E-state index contributed by atoms with van der Waals surface area (Å²) in [5.41, 5.74) is 2.14. The first kappa shape index (κ1) is 12.0. The molecular formula is C9H18O. The van der Waals surface area contributed by atoms with Crippen LogP contribution in [0.15, 0.2) is 24.0 Å². The average molecular weight is 142 g/mol. The molecule has 0 fully saturated rings. The van der Waals surface area contributed by atoms with Gasteiger partial charge in [0.05, 0.1) is 13.4 Å². The molecule has 0 atom stereocenters. The molecule has 0 bridgehead atoms. The van der Waals surface area contributed by atoms with Crippen molar-refractivity contribution >= 4 is 0 Å². The summed E-state index contributed by atoms with van der Waals surface area (Å²) in [5, 5.41) is 0. The molecule has 0 aromatic rings. The Kier molecular flexibility index (Phi) is 9.94. The van der Waals surface area contributed by atoms with Crippen molar-refractivity contribution < 1.29 is 4.74 Å². The fourth-order valence-electron chi connectivity index (χ4n) is 0.277. The minimum Gasteiger partial charge on any atom is -0.504 e. The number of hydrogen-bond donors (Lipinski definition) is 0. The first-order valence-corrected chi connectivity index (χ1v) is 3.54. The van der Waals surface area contributed by atoms with Gasteiger partial charge in [-0.2, -0.15) is 0 Å². The Morgan fingerprint density at radius 2 is 1.70 bits per heavy atom. The van der Waals surface area contributed by atoms with Crippen LogP contribution in [-0.4, -0.2) is 7.11 Å². The predicted octanol–water partition coefficient (Wildman–Crippen LogP) is 3.14. The molecule has 0 saturated heterocycles. The van der Waals surface area contributed by atoms with Crippen LogP contribution in [0.5, 0.6) is 0 Å². The van der Waals surface area contributed by atoms with Gasteiger partial charge >= 0.3 is 0 Å². The smallest absolute Gasteiger partial charge is 0.0856 e. The monoisotopic (exact) mass is 142 g/mol. The van der Waals surface area contributed by atoms with Gasteiger partial charge in [0, 0.05) is 0 Å². The second kappa shape index (κ2) is 8.28. The Morgan fingerprint density at radius 1 is 1.30 bits per heavy atom. The average Bonchev–Trinajstić information content (AvgIpc) is 1.93. The van der Waals surface area contributed by atoms with Crippen LogP contribution < -0.4 is 0 Å². The van der Waals surface area contributed by atoms with Gasteiger partial charge in [-0.15, -0.1) is 0 Å². The molecule has 1 nitrogen and oxygen atoms in total. The van der Waals surface area contributed by atoms with Gasteiger partial charge in [0.2, 0.25) is 0 Å². The van der Waals surface area contributed by atoms with Crippen LogP contribution in [0.3, 0.4) is 0 Å². The zero-order valence-corrected chi connectivity index (χ0v) is 7.69. The molecule has 0 radical (unpaired) electrons. The van der Waals surface area contributed by atoms with Crippen LogP contribution in [0.1, 0.15) is 27.7 Å². The normalized spacial score (nSPS) is 9.50. The molecule has 0 saturated carbocycles. The van der Waals surface area contributed by atoms with Gasteiger partial charge in [0.1, 0.15) is 0 Å². The standard InChI is InChI=1S/C7H12O.C2H6/c1-6(2)7(3)5-8-4;1-2/h5H,1H2,2-4H3;1-2H3/b7-5-;. The van der Waals surface area contributed by atoms with Crippen LogP contribution in [0.25, 0.3) is 0 Å². The highest BCUT2D eigenvalue weighted by molar-refractivity contribution is 5.21. The summed E-state index contributed by atoms with van der Waals surface area (Å²) in [4.78, 5) is 0. The van der Waals surface area contributed by atoms with E-state index in [0.29, 0.717) is 0 Å². The Labute approximate surface area is 64.4 Å². The van der Waals surface area contributed by atoms with Crippen molar-refractivity contribution in [3.8, 4) is 0 Å². The second-order valence-electron chi connectivity index (χ2n) is 1.82. The summed E-state index contributed by atoms with van der Waals surface area (Å²) in [6.07, 6.45) is 1.68. The lowest BCUT2D eigenvalue weighted by atomic mass is 10.2. The highest BCUT2D eigenvalue weighted by Gasteiger charge is 1.85. The Morgan fingerprint density at radius 3 is 1.80 bits per heavy atom. The lowest BCUT2D eigenvalue weighted by molar-refractivity contribution is 0.334. The molecule has 10 heavy (non-hydrogen) atoms. The van der Waals surface area contributed by atoms with Gasteiger partial charge in [0.25, 0.3) is 0 Å². The van der Waals surface area contributed by atoms with Crippen molar-refractivity contribution in [3.05, 3.63) is 24.0 Å². The van der Waals surface area contributed by atoms with E-state index in [1.54, 1.807) is 13.4 Å². The highest BCUT2D eigenvalue weighted by atomic mass is 16.5. The van der Waals surface area contributed by atoms with Crippen LogP contribution in [-0.2, 0) is 4.74 Å². The van der Waals surface area contributed by atoms with Crippen LogP contribution in [0, 0.1) is 0 Å². The molecule has 0 unspecified atom stereocenters. The topological polar surface area (TPSA) is 9.23 Å². The fraction of sp³-hybridized carbons (Fsp3) is 0.556. The number of rotatable bonds is 2. The third-order valence-corrected chi connectivity index (χ3v) is 0.968. The first-order valence-electron chi connectivity index (χ1n) is 3.54. The van der Waals surface area contributed by atoms with Gasteiger partial charge in [-0.05, 0) is 19.4 Å². The zero-order chi connectivity index (χ0) is 8.57. The lowest BCUT2D eigenvalue weighted by Gasteiger charge is -1.95. The molecule has 0 amide bonds. The molecule has 0 rings (SSSR count). The largest absolute Gasteiger partial charge is 0.504 e. The van der Waals surface area contributed by atoms with Gasteiger partial charge in [-0.25, -0.2) is 0 Å². The number of ether oxygens (including phenoxy) is 1. The van der Waals surface area contributed by atoms with Crippen molar-refractivity contribution in [1.29, 1.82) is 0 Å². The van der Waals surface area contributed by atoms with Crippen LogP contribution in [0.4, 0.5) is 0 Å². The third kappa shape index (κ3) is 7.28. The van der Waals surface area contributed by atoms with Crippen molar-refractivity contribution in [1.82, 2.24) is 0 Å². The summed E-state index contributed by atoms with van der Waals surface area (Å²) in [5.74, 6) is 0. The van der Waals surface area contributed by atoms with Gasteiger partial charge in [-0.1, -0.05) is 26.0 Å². The van der Waals surface area contributed by atoms with E-state index >= 15 is 0 Å². The van der Waals surface area contributed by atoms with E-state index < -0.39 is 0 Å². The SMILES string of the molecule is C=C(C)/C(C)=C\OC.CC. The zero-order valence-electron chi connectivity index (χ0n) is 7.69. The molecule has 0 N–H and O–H groups in total. The summed E-state index contributed by atoms with van der Waals surface area (Å²) >= 11 is 0. The van der Waals surface area contributed by atoms with Crippen molar-refractivity contribution in [2.75, 3.05) is 7.11 Å². The molecule has 0 heterocycles. The van der Waals surface area contributed by atoms with E-state index in [-0.39, 0.29) is 0 Å². The van der Waals surface area contributed by atoms with Crippen molar-refractivity contribution in [2.45, 2.75) is 27.7 Å². The predicted molar refractivity (Wildman–Crippen MR) is 46.9 cm³/mol. The van der Waals surface area contributed by atoms with Crippen molar-refractivity contribution in [2.24, 2.45) is 0 Å². The lowest BCUT2D eigenvalue weighted by Crippen LogP contribution is -1.76. The second-order valence-corrected chi connectivity index (χ2v) is 1.82. The maximum absolute atomic E-state index is 4.74. The number of hydrogen-bond acceptors (Lipinski definition) is 1. The van der Waals surface area contributed by atoms with Crippen molar-refractivity contribution in [3.63, 3.8) is 0 Å². The summed E-state index contributed by atoms with van der Waals surface area (Å²) in [6, 6.07) is 0. The van der Waals surface area contributed by atoms with Crippen LogP contribution >= 0.6 is 0 Å². The molecule has 0 aliphatic carbocycles. The molecular weight excluding hydrogens is 124 g/mol. The maximum Gasteiger partial charge on any atom is 0.0856 e. The van der Waals surface area contributed by atoms with Gasteiger partial charge < -0.3 is 4.74 Å². The minimum absolute atomic E-state index is 1.05. The molecule has 0 aromatic carbocycles. The maximum atomic E-state index is 4.74. The van der Waals surface area contributed by atoms with E-state index in [4.69, 9.17) is 4.74 Å². The van der Waals surface area contributed by atoms with E-state index in [2.05, 4.69) is 6.58 Å². The number of methoxy groups -OCH3 is 1. The van der Waals surface area contributed by atoms with E-state index in [9.17, 15) is 0 Å². The summed E-state index contributed by atoms with van der Waals surface area (Å²) < 4.78 is 4.74. The molecule has 0 aliphatic rings. The highest BCUT2D eigenvalue weighted by Crippen LogP contribution is 2.03. The molecule has 1 heteroatoms. The summed E-state index contributed by atoms with van der Waals surface area (Å²) in [6.45, 7) is 11.6. The Hall–Kier alpha value is -0.720. The van der Waals surface area contributed by atoms with E-state index in [1.165, 1.54) is 0 Å². The quantitative estimate of drug-likeness (QED) is 0.425. The molecule has 0 aliphatic heterocycles. The third-order valence-electron chi connectivity index (χ3n) is 0.968. The van der Waals surface area contributed by atoms with Gasteiger partial charge in [0.15, 0.2) is 0 Å². The van der Waals surface area contributed by atoms with E-state index in [0.717, 1.165) is 11.1 Å².